The van der Waals surface area contributed by atoms with E-state index >= 15 is 0 Å². The molecule has 0 bridgehead atoms. The van der Waals surface area contributed by atoms with Crippen LogP contribution in [0.15, 0.2) is 35.6 Å². The van der Waals surface area contributed by atoms with Crippen molar-refractivity contribution in [3.8, 4) is 5.75 Å². The van der Waals surface area contributed by atoms with Crippen LogP contribution < -0.4 is 15.4 Å². The predicted octanol–water partition coefficient (Wildman–Crippen LogP) is 1.97. The lowest BCUT2D eigenvalue weighted by molar-refractivity contribution is 0.235. The van der Waals surface area contributed by atoms with Gasteiger partial charge in [0.25, 0.3) is 0 Å². The number of ether oxygens (including phenoxy) is 1. The smallest absolute Gasteiger partial charge is 0.191 e. The minimum absolute atomic E-state index is 0. The maximum Gasteiger partial charge on any atom is 0.191 e. The molecule has 8 heteroatoms. The van der Waals surface area contributed by atoms with E-state index in [1.807, 2.05) is 29.7 Å². The molecule has 1 aromatic heterocycles. The van der Waals surface area contributed by atoms with Gasteiger partial charge in [-0.2, -0.15) is 0 Å². The van der Waals surface area contributed by atoms with E-state index in [2.05, 4.69) is 38.8 Å². The summed E-state index contributed by atoms with van der Waals surface area (Å²) < 4.78 is 7.94. The van der Waals surface area contributed by atoms with Crippen molar-refractivity contribution in [1.29, 1.82) is 0 Å². The molecule has 2 aromatic rings. The summed E-state index contributed by atoms with van der Waals surface area (Å²) in [5, 5.41) is 14.6. The molecule has 7 nitrogen and oxygen atoms in total. The Morgan fingerprint density at radius 1 is 1.32 bits per heavy atom. The molecule has 2 N–H and O–H groups in total. The predicted molar refractivity (Wildman–Crippen MR) is 108 cm³/mol. The highest BCUT2D eigenvalue weighted by Gasteiger charge is 2.22. The number of nitrogens with zero attached hydrogens (tertiary/aromatic N) is 4. The molecular formula is C17H25IN6O. The van der Waals surface area contributed by atoms with Crippen molar-refractivity contribution < 1.29 is 4.74 Å². The summed E-state index contributed by atoms with van der Waals surface area (Å²) in [5.41, 5.74) is 1.27. The molecule has 1 atom stereocenters. The summed E-state index contributed by atoms with van der Waals surface area (Å²) in [6.07, 6.45) is 2.78. The molecule has 25 heavy (non-hydrogen) atoms. The van der Waals surface area contributed by atoms with Crippen LogP contribution in [0.3, 0.4) is 0 Å². The molecule has 136 valence electrons. The van der Waals surface area contributed by atoms with Gasteiger partial charge in [0, 0.05) is 19.5 Å². The number of para-hydroxylation sites is 1. The van der Waals surface area contributed by atoms with Gasteiger partial charge in [-0.1, -0.05) is 18.2 Å². The summed E-state index contributed by atoms with van der Waals surface area (Å²) >= 11 is 0. The highest BCUT2D eigenvalue weighted by molar-refractivity contribution is 14.0. The summed E-state index contributed by atoms with van der Waals surface area (Å²) in [6, 6.07) is 8.19. The van der Waals surface area contributed by atoms with Crippen molar-refractivity contribution in [2.45, 2.75) is 39.5 Å². The number of aliphatic imine (C=N–C) groups is 1. The normalized spacial score (nSPS) is 15.9. The molecule has 1 aliphatic heterocycles. The Balaban J connectivity index is 0.00000225. The minimum Gasteiger partial charge on any atom is -0.488 e. The van der Waals surface area contributed by atoms with Crippen LogP contribution in [0, 0.1) is 0 Å². The molecule has 1 unspecified atom stereocenters. The largest absolute Gasteiger partial charge is 0.488 e. The van der Waals surface area contributed by atoms with Gasteiger partial charge < -0.3 is 19.9 Å². The zero-order chi connectivity index (χ0) is 16.8. The highest BCUT2D eigenvalue weighted by Crippen LogP contribution is 2.27. The van der Waals surface area contributed by atoms with Gasteiger partial charge in [-0.05, 0) is 25.5 Å². The molecule has 0 aliphatic carbocycles. The number of aromatic nitrogens is 3. The Bertz CT molecular complexity index is 677. The first-order valence-corrected chi connectivity index (χ1v) is 8.43. The molecule has 0 spiro atoms. The van der Waals surface area contributed by atoms with Crippen molar-refractivity contribution in [3.63, 3.8) is 0 Å². The van der Waals surface area contributed by atoms with Crippen LogP contribution in [-0.2, 0) is 19.5 Å². The lowest BCUT2D eigenvalue weighted by Crippen LogP contribution is -2.42. The number of guanidine groups is 1. The fourth-order valence-electron chi connectivity index (χ4n) is 2.74. The van der Waals surface area contributed by atoms with Gasteiger partial charge in [0.05, 0.1) is 6.54 Å². The third kappa shape index (κ3) is 5.07. The third-order valence-electron chi connectivity index (χ3n) is 3.97. The Labute approximate surface area is 165 Å². The molecule has 0 saturated carbocycles. The summed E-state index contributed by atoms with van der Waals surface area (Å²) in [7, 11) is 0. The molecule has 1 aromatic carbocycles. The third-order valence-corrected chi connectivity index (χ3v) is 3.97. The van der Waals surface area contributed by atoms with E-state index in [9.17, 15) is 0 Å². The quantitative estimate of drug-likeness (QED) is 0.395. The van der Waals surface area contributed by atoms with E-state index in [0.717, 1.165) is 37.0 Å². The zero-order valence-electron chi connectivity index (χ0n) is 14.6. The lowest BCUT2D eigenvalue weighted by atomic mass is 10.1. The van der Waals surface area contributed by atoms with E-state index < -0.39 is 0 Å². The van der Waals surface area contributed by atoms with E-state index in [-0.39, 0.29) is 30.1 Å². The van der Waals surface area contributed by atoms with Gasteiger partial charge in [-0.3, -0.25) is 0 Å². The van der Waals surface area contributed by atoms with Crippen molar-refractivity contribution in [2.24, 2.45) is 4.99 Å². The molecule has 0 amide bonds. The van der Waals surface area contributed by atoms with Crippen LogP contribution in [0.4, 0.5) is 0 Å². The van der Waals surface area contributed by atoms with Crippen molar-refractivity contribution in [3.05, 3.63) is 42.0 Å². The van der Waals surface area contributed by atoms with Crippen LogP contribution in [0.2, 0.25) is 0 Å². The minimum atomic E-state index is 0. The van der Waals surface area contributed by atoms with Crippen LogP contribution in [0.5, 0.6) is 5.75 Å². The first-order chi connectivity index (χ1) is 11.8. The second kappa shape index (κ2) is 9.59. The Kier molecular flexibility index (Phi) is 7.48. The second-order valence-corrected chi connectivity index (χ2v) is 5.66. The molecule has 3 rings (SSSR count). The Hall–Kier alpha value is -1.84. The summed E-state index contributed by atoms with van der Waals surface area (Å²) in [4.78, 5) is 4.59. The van der Waals surface area contributed by atoms with E-state index in [0.29, 0.717) is 13.1 Å². The van der Waals surface area contributed by atoms with E-state index in [1.165, 1.54) is 5.56 Å². The molecular weight excluding hydrogens is 431 g/mol. The number of hydrogen-bond donors (Lipinski definition) is 2. The SMILES string of the molecule is CCNC(=NCc1nncn1CC)NCC1Cc2ccccc2O1.I. The van der Waals surface area contributed by atoms with Gasteiger partial charge in [0.2, 0.25) is 0 Å². The number of halogens is 1. The zero-order valence-corrected chi connectivity index (χ0v) is 16.9. The fourth-order valence-corrected chi connectivity index (χ4v) is 2.74. The fraction of sp³-hybridized carbons (Fsp3) is 0.471. The number of benzene rings is 1. The molecule has 1 aliphatic rings. The standard InChI is InChI=1S/C17H24N6O.HI/c1-3-18-17(20-11-16-22-21-12-23(16)4-2)19-10-14-9-13-7-5-6-8-15(13)24-14;/h5-8,12,14H,3-4,9-11H2,1-2H3,(H2,18,19,20);1H. The van der Waals surface area contributed by atoms with Crippen molar-refractivity contribution in [1.82, 2.24) is 25.4 Å². The van der Waals surface area contributed by atoms with Crippen LogP contribution >= 0.6 is 24.0 Å². The Morgan fingerprint density at radius 3 is 2.92 bits per heavy atom. The van der Waals surface area contributed by atoms with E-state index in [4.69, 9.17) is 4.74 Å². The monoisotopic (exact) mass is 456 g/mol. The van der Waals surface area contributed by atoms with Crippen molar-refractivity contribution >= 4 is 29.9 Å². The topological polar surface area (TPSA) is 76.4 Å². The number of rotatable bonds is 6. The van der Waals surface area contributed by atoms with Gasteiger partial charge in [-0.25, -0.2) is 4.99 Å². The number of fused-ring (bicyclic) bond motifs is 1. The highest BCUT2D eigenvalue weighted by atomic mass is 127. The van der Waals surface area contributed by atoms with Crippen LogP contribution in [0.1, 0.15) is 25.2 Å². The summed E-state index contributed by atoms with van der Waals surface area (Å²) in [6.45, 7) is 6.97. The van der Waals surface area contributed by atoms with Crippen molar-refractivity contribution in [2.75, 3.05) is 13.1 Å². The van der Waals surface area contributed by atoms with Crippen LogP contribution in [0.25, 0.3) is 0 Å². The maximum absolute atomic E-state index is 5.95. The Morgan fingerprint density at radius 2 is 2.16 bits per heavy atom. The molecule has 0 fully saturated rings. The van der Waals surface area contributed by atoms with Gasteiger partial charge >= 0.3 is 0 Å². The average Bonchev–Trinajstić information content (AvgIpc) is 3.22. The van der Waals surface area contributed by atoms with Gasteiger partial charge in [0.1, 0.15) is 24.7 Å². The number of hydrogen-bond acceptors (Lipinski definition) is 4. The second-order valence-electron chi connectivity index (χ2n) is 5.66. The molecule has 0 saturated heterocycles. The molecule has 2 heterocycles. The first kappa shape index (κ1) is 19.5. The average molecular weight is 456 g/mol. The lowest BCUT2D eigenvalue weighted by Gasteiger charge is -2.15. The van der Waals surface area contributed by atoms with Gasteiger partial charge in [-0.15, -0.1) is 34.2 Å². The maximum atomic E-state index is 5.95. The summed E-state index contributed by atoms with van der Waals surface area (Å²) in [5.74, 6) is 2.62. The van der Waals surface area contributed by atoms with Gasteiger partial charge in [0.15, 0.2) is 11.8 Å². The first-order valence-electron chi connectivity index (χ1n) is 8.43. The van der Waals surface area contributed by atoms with E-state index in [1.54, 1.807) is 6.33 Å². The molecule has 0 radical (unpaired) electrons. The van der Waals surface area contributed by atoms with Crippen LogP contribution in [-0.4, -0.2) is 39.9 Å². The number of nitrogens with one attached hydrogen (secondary N) is 2. The number of aryl methyl sites for hydroxylation is 1.